The molecule has 0 atom stereocenters. The van der Waals surface area contributed by atoms with Crippen LogP contribution in [0, 0.1) is 18.8 Å². The van der Waals surface area contributed by atoms with Crippen molar-refractivity contribution >= 4 is 0 Å². The lowest BCUT2D eigenvalue weighted by molar-refractivity contribution is 0.299. The molecule has 0 fully saturated rings. The van der Waals surface area contributed by atoms with Crippen molar-refractivity contribution in [3.05, 3.63) is 53.3 Å². The Morgan fingerprint density at radius 3 is 2.86 bits per heavy atom. The molecule has 2 N–H and O–H groups in total. The molecule has 4 heteroatoms. The maximum absolute atomic E-state index is 5.84. The largest absolute Gasteiger partial charge is 0.497 e. The molecule has 0 amide bonds. The van der Waals surface area contributed by atoms with Crippen LogP contribution in [0.4, 0.5) is 0 Å². The molecule has 2 aromatic rings. The van der Waals surface area contributed by atoms with E-state index in [1.54, 1.807) is 13.3 Å². The summed E-state index contributed by atoms with van der Waals surface area (Å²) < 4.78 is 11.0. The van der Waals surface area contributed by atoms with Crippen LogP contribution in [-0.4, -0.2) is 18.6 Å². The van der Waals surface area contributed by atoms with Gasteiger partial charge in [-0.1, -0.05) is 17.9 Å². The first-order valence-electron chi connectivity index (χ1n) is 6.65. The second-order valence-electron chi connectivity index (χ2n) is 4.42. The predicted octanol–water partition coefficient (Wildman–Crippen LogP) is 2.29. The molecule has 0 aliphatic rings. The van der Waals surface area contributed by atoms with Crippen molar-refractivity contribution < 1.29 is 9.47 Å². The Morgan fingerprint density at radius 1 is 1.29 bits per heavy atom. The summed E-state index contributed by atoms with van der Waals surface area (Å²) in [5, 5.41) is 0. The molecule has 1 aromatic heterocycles. The van der Waals surface area contributed by atoms with E-state index in [1.165, 1.54) is 0 Å². The second kappa shape index (κ2) is 7.32. The highest BCUT2D eigenvalue weighted by molar-refractivity contribution is 5.50. The van der Waals surface area contributed by atoms with Crippen molar-refractivity contribution in [2.24, 2.45) is 5.73 Å². The molecule has 2 rings (SSSR count). The number of rotatable bonds is 4. The van der Waals surface area contributed by atoms with Gasteiger partial charge >= 0.3 is 0 Å². The molecule has 0 radical (unpaired) electrons. The van der Waals surface area contributed by atoms with E-state index in [9.17, 15) is 0 Å². The molecule has 0 saturated heterocycles. The Kier molecular flexibility index (Phi) is 5.19. The smallest absolute Gasteiger partial charge is 0.135 e. The van der Waals surface area contributed by atoms with Gasteiger partial charge in [-0.2, -0.15) is 0 Å². The molecule has 0 bridgehead atoms. The molecule has 0 aliphatic carbocycles. The van der Waals surface area contributed by atoms with E-state index in [4.69, 9.17) is 15.2 Å². The summed E-state index contributed by atoms with van der Waals surface area (Å²) in [5.41, 5.74) is 8.19. The van der Waals surface area contributed by atoms with Crippen molar-refractivity contribution in [2.75, 3.05) is 13.7 Å². The Bertz CT molecular complexity index is 672. The number of methoxy groups -OCH3 is 1. The van der Waals surface area contributed by atoms with Gasteiger partial charge in [-0.15, -0.1) is 0 Å². The zero-order valence-electron chi connectivity index (χ0n) is 12.2. The molecule has 0 aliphatic heterocycles. The van der Waals surface area contributed by atoms with Crippen LogP contribution in [0.2, 0.25) is 0 Å². The fourth-order valence-corrected chi connectivity index (χ4v) is 1.82. The fraction of sp³-hybridized carbons (Fsp3) is 0.235. The molecular weight excluding hydrogens is 264 g/mol. The van der Waals surface area contributed by atoms with Gasteiger partial charge in [0.2, 0.25) is 0 Å². The summed E-state index contributed by atoms with van der Waals surface area (Å²) in [7, 11) is 1.62. The number of benzene rings is 1. The molecule has 0 unspecified atom stereocenters. The number of nitrogens with two attached hydrogens (primary N) is 1. The van der Waals surface area contributed by atoms with E-state index in [0.717, 1.165) is 22.6 Å². The first-order valence-corrected chi connectivity index (χ1v) is 6.65. The van der Waals surface area contributed by atoms with Crippen LogP contribution in [0.3, 0.4) is 0 Å². The zero-order chi connectivity index (χ0) is 15.1. The van der Waals surface area contributed by atoms with Crippen LogP contribution in [0.5, 0.6) is 11.5 Å². The van der Waals surface area contributed by atoms with E-state index in [0.29, 0.717) is 18.9 Å². The number of pyridine rings is 1. The maximum Gasteiger partial charge on any atom is 0.135 e. The quantitative estimate of drug-likeness (QED) is 0.874. The van der Waals surface area contributed by atoms with E-state index in [1.807, 2.05) is 37.3 Å². The highest BCUT2D eigenvalue weighted by Gasteiger charge is 2.06. The Morgan fingerprint density at radius 2 is 2.14 bits per heavy atom. The summed E-state index contributed by atoms with van der Waals surface area (Å²) in [5.74, 6) is 7.26. The van der Waals surface area contributed by atoms with Gasteiger partial charge in [-0.25, -0.2) is 0 Å². The summed E-state index contributed by atoms with van der Waals surface area (Å²) >= 11 is 0. The van der Waals surface area contributed by atoms with Crippen molar-refractivity contribution in [3.8, 4) is 23.3 Å². The van der Waals surface area contributed by atoms with E-state index in [2.05, 4.69) is 16.8 Å². The van der Waals surface area contributed by atoms with E-state index in [-0.39, 0.29) is 0 Å². The van der Waals surface area contributed by atoms with Gasteiger partial charge < -0.3 is 15.2 Å². The maximum atomic E-state index is 5.84. The van der Waals surface area contributed by atoms with Crippen molar-refractivity contribution in [1.82, 2.24) is 4.98 Å². The van der Waals surface area contributed by atoms with Crippen LogP contribution in [0.25, 0.3) is 0 Å². The average Bonchev–Trinajstić information content (AvgIpc) is 2.52. The van der Waals surface area contributed by atoms with Gasteiger partial charge in [0.15, 0.2) is 0 Å². The SMILES string of the molecule is COc1ccc(OCc2ncccc2C)c(C#CCN)c1. The second-order valence-corrected chi connectivity index (χ2v) is 4.42. The number of aromatic nitrogens is 1. The number of aryl methyl sites for hydroxylation is 1. The van der Waals surface area contributed by atoms with Gasteiger partial charge in [0, 0.05) is 6.20 Å². The lowest BCUT2D eigenvalue weighted by Crippen LogP contribution is -2.02. The fourth-order valence-electron chi connectivity index (χ4n) is 1.82. The standard InChI is InChI=1S/C17H18N2O2/c1-13-5-4-10-19-16(13)12-21-17-8-7-15(20-2)11-14(17)6-3-9-18/h4-5,7-8,10-11H,9,12,18H2,1-2H3. The third-order valence-electron chi connectivity index (χ3n) is 2.99. The molecule has 1 heterocycles. The molecule has 1 aromatic carbocycles. The summed E-state index contributed by atoms with van der Waals surface area (Å²) in [6, 6.07) is 9.44. The van der Waals surface area contributed by atoms with Gasteiger partial charge in [-0.05, 0) is 36.8 Å². The first kappa shape index (κ1) is 14.9. The minimum Gasteiger partial charge on any atom is -0.497 e. The van der Waals surface area contributed by atoms with Crippen molar-refractivity contribution in [3.63, 3.8) is 0 Å². The Hall–Kier alpha value is -2.51. The molecule has 0 saturated carbocycles. The van der Waals surface area contributed by atoms with E-state index < -0.39 is 0 Å². The van der Waals surface area contributed by atoms with Gasteiger partial charge in [0.1, 0.15) is 18.1 Å². The predicted molar refractivity (Wildman–Crippen MR) is 82.2 cm³/mol. The monoisotopic (exact) mass is 282 g/mol. The number of ether oxygens (including phenoxy) is 2. The van der Waals surface area contributed by atoms with Crippen LogP contribution in [0.15, 0.2) is 36.5 Å². The summed E-state index contributed by atoms with van der Waals surface area (Å²) in [4.78, 5) is 4.31. The molecule has 21 heavy (non-hydrogen) atoms. The minimum absolute atomic E-state index is 0.302. The number of nitrogens with zero attached hydrogens (tertiary/aromatic N) is 1. The van der Waals surface area contributed by atoms with Gasteiger partial charge in [0.25, 0.3) is 0 Å². The Labute approximate surface area is 124 Å². The third kappa shape index (κ3) is 3.98. The normalized spacial score (nSPS) is 9.67. The lowest BCUT2D eigenvalue weighted by Gasteiger charge is -2.10. The van der Waals surface area contributed by atoms with Crippen molar-refractivity contribution in [1.29, 1.82) is 0 Å². The number of hydrogen-bond donors (Lipinski definition) is 1. The molecular formula is C17H18N2O2. The molecule has 108 valence electrons. The van der Waals surface area contributed by atoms with Crippen LogP contribution >= 0.6 is 0 Å². The average molecular weight is 282 g/mol. The molecule has 4 nitrogen and oxygen atoms in total. The minimum atomic E-state index is 0.302. The molecule has 0 spiro atoms. The van der Waals surface area contributed by atoms with Crippen molar-refractivity contribution in [2.45, 2.75) is 13.5 Å². The highest BCUT2D eigenvalue weighted by Crippen LogP contribution is 2.24. The third-order valence-corrected chi connectivity index (χ3v) is 2.99. The highest BCUT2D eigenvalue weighted by atomic mass is 16.5. The van der Waals surface area contributed by atoms with Crippen LogP contribution in [-0.2, 0) is 6.61 Å². The first-order chi connectivity index (χ1) is 10.2. The lowest BCUT2D eigenvalue weighted by atomic mass is 10.2. The topological polar surface area (TPSA) is 57.4 Å². The van der Waals surface area contributed by atoms with Gasteiger partial charge in [0.05, 0.1) is 24.9 Å². The zero-order valence-corrected chi connectivity index (χ0v) is 12.2. The van der Waals surface area contributed by atoms with Crippen LogP contribution in [0.1, 0.15) is 16.8 Å². The summed E-state index contributed by atoms with van der Waals surface area (Å²) in [6.07, 6.45) is 1.76. The van der Waals surface area contributed by atoms with Gasteiger partial charge in [-0.3, -0.25) is 4.98 Å². The van der Waals surface area contributed by atoms with Crippen LogP contribution < -0.4 is 15.2 Å². The summed E-state index contributed by atoms with van der Waals surface area (Å²) in [6.45, 7) is 2.71. The van der Waals surface area contributed by atoms with E-state index >= 15 is 0 Å². The number of hydrogen-bond acceptors (Lipinski definition) is 4. The Balaban J connectivity index is 2.21.